The molecule has 0 radical (unpaired) electrons. The molecule has 1 aliphatic heterocycles. The lowest BCUT2D eigenvalue weighted by Gasteiger charge is -2.15. The first kappa shape index (κ1) is 17.7. The molecule has 0 unspecified atom stereocenters. The number of amides is 1. The second kappa shape index (κ2) is 7.15. The van der Waals surface area contributed by atoms with E-state index in [0.717, 1.165) is 42.7 Å². The van der Waals surface area contributed by atoms with Crippen LogP contribution in [0.3, 0.4) is 0 Å². The number of carbonyl (C=O) groups excluding carboxylic acids is 1. The molecular weight excluding hydrogens is 360 g/mol. The molecule has 1 amide bonds. The molecule has 0 spiro atoms. The maximum atomic E-state index is 13.1. The van der Waals surface area contributed by atoms with Crippen molar-refractivity contribution < 1.29 is 4.79 Å². The molecule has 1 aliphatic rings. The number of nitrogens with zero attached hydrogens (tertiary/aromatic N) is 4. The van der Waals surface area contributed by atoms with Gasteiger partial charge in [0.05, 0.1) is 11.7 Å². The second-order valence-corrected chi connectivity index (χ2v) is 7.89. The number of thiophene rings is 1. The lowest BCUT2D eigenvalue weighted by Crippen LogP contribution is -2.34. The van der Waals surface area contributed by atoms with Crippen LogP contribution in [0.2, 0.25) is 0 Å². The summed E-state index contributed by atoms with van der Waals surface area (Å²) in [4.78, 5) is 34.5. The number of hydrogen-bond donors (Lipinski definition) is 0. The van der Waals surface area contributed by atoms with Gasteiger partial charge in [-0.15, -0.1) is 11.3 Å². The molecular formula is C20H22N4O2S. The van der Waals surface area contributed by atoms with E-state index in [4.69, 9.17) is 0 Å². The fraction of sp³-hybridized carbons (Fsp3) is 0.350. The summed E-state index contributed by atoms with van der Waals surface area (Å²) >= 11 is 1.46. The zero-order valence-corrected chi connectivity index (χ0v) is 16.3. The second-order valence-electron chi connectivity index (χ2n) is 7.04. The van der Waals surface area contributed by atoms with Crippen LogP contribution in [0.25, 0.3) is 21.3 Å². The molecule has 0 aliphatic carbocycles. The van der Waals surface area contributed by atoms with Crippen molar-refractivity contribution in [2.75, 3.05) is 32.1 Å². The summed E-state index contributed by atoms with van der Waals surface area (Å²) in [5.74, 6) is -0.0112. The monoisotopic (exact) mass is 382 g/mol. The van der Waals surface area contributed by atoms with Crippen LogP contribution in [-0.2, 0) is 11.3 Å². The molecule has 6 nitrogen and oxygen atoms in total. The van der Waals surface area contributed by atoms with E-state index < -0.39 is 0 Å². The fourth-order valence-corrected chi connectivity index (χ4v) is 4.35. The highest BCUT2D eigenvalue weighted by Gasteiger charge is 2.20. The van der Waals surface area contributed by atoms with Crippen molar-refractivity contribution in [3.05, 3.63) is 46.3 Å². The summed E-state index contributed by atoms with van der Waals surface area (Å²) in [6, 6.07) is 8.10. The number of aromatic nitrogens is 2. The van der Waals surface area contributed by atoms with Gasteiger partial charge < -0.3 is 9.80 Å². The molecule has 0 N–H and O–H groups in total. The van der Waals surface area contributed by atoms with Crippen LogP contribution >= 0.6 is 11.3 Å². The Balaban J connectivity index is 1.70. The number of hydrogen-bond acceptors (Lipinski definition) is 5. The van der Waals surface area contributed by atoms with E-state index in [0.29, 0.717) is 10.2 Å². The third-order valence-corrected chi connectivity index (χ3v) is 5.91. The van der Waals surface area contributed by atoms with Crippen LogP contribution in [0.15, 0.2) is 40.8 Å². The molecule has 3 heterocycles. The van der Waals surface area contributed by atoms with Crippen LogP contribution in [0.4, 0.5) is 5.69 Å². The van der Waals surface area contributed by atoms with Gasteiger partial charge in [0, 0.05) is 43.8 Å². The van der Waals surface area contributed by atoms with Gasteiger partial charge in [-0.2, -0.15) is 0 Å². The van der Waals surface area contributed by atoms with Crippen molar-refractivity contribution in [2.45, 2.75) is 19.4 Å². The van der Waals surface area contributed by atoms with Gasteiger partial charge in [0.15, 0.2) is 0 Å². The highest BCUT2D eigenvalue weighted by Crippen LogP contribution is 2.31. The minimum Gasteiger partial charge on any atom is -0.378 e. The molecule has 1 saturated heterocycles. The highest BCUT2D eigenvalue weighted by atomic mass is 32.1. The molecule has 7 heteroatoms. The molecule has 0 atom stereocenters. The summed E-state index contributed by atoms with van der Waals surface area (Å²) in [5, 5.41) is 2.56. The zero-order chi connectivity index (χ0) is 19.0. The van der Waals surface area contributed by atoms with Gasteiger partial charge in [-0.3, -0.25) is 14.2 Å². The lowest BCUT2D eigenvalue weighted by molar-refractivity contribution is -0.130. The lowest BCUT2D eigenvalue weighted by atomic mass is 10.1. The maximum absolute atomic E-state index is 13.1. The molecule has 3 aromatic rings. The molecule has 2 aromatic heterocycles. The third kappa shape index (κ3) is 3.35. The maximum Gasteiger partial charge on any atom is 0.263 e. The average Bonchev–Trinajstić information content (AvgIpc) is 3.34. The predicted molar refractivity (Wildman–Crippen MR) is 109 cm³/mol. The minimum atomic E-state index is -0.152. The van der Waals surface area contributed by atoms with Crippen molar-refractivity contribution in [1.82, 2.24) is 14.5 Å². The topological polar surface area (TPSA) is 58.4 Å². The Morgan fingerprint density at radius 1 is 1.19 bits per heavy atom. The van der Waals surface area contributed by atoms with Crippen LogP contribution in [0, 0.1) is 0 Å². The van der Waals surface area contributed by atoms with Crippen LogP contribution in [0.1, 0.15) is 12.8 Å². The number of fused-ring (bicyclic) bond motifs is 1. The van der Waals surface area contributed by atoms with E-state index in [1.54, 1.807) is 0 Å². The van der Waals surface area contributed by atoms with Gasteiger partial charge in [0.25, 0.3) is 5.56 Å². The van der Waals surface area contributed by atoms with Crippen molar-refractivity contribution >= 4 is 33.1 Å². The first-order valence-electron chi connectivity index (χ1n) is 9.07. The number of benzene rings is 1. The quantitative estimate of drug-likeness (QED) is 0.696. The minimum absolute atomic E-state index is 0.0112. The smallest absolute Gasteiger partial charge is 0.263 e. The molecule has 0 bridgehead atoms. The predicted octanol–water partition coefficient (Wildman–Crippen LogP) is 2.81. The molecule has 1 fully saturated rings. The van der Waals surface area contributed by atoms with E-state index in [-0.39, 0.29) is 18.0 Å². The standard InChI is InChI=1S/C20H22N4O2S/c1-22(2)15-7-5-14(6-8-15)16-12-27-19-18(16)20(26)24(13-21-19)11-17(25)23-9-3-4-10-23/h5-8,12-13H,3-4,9-11H2,1-2H3. The number of carbonyl (C=O) groups is 1. The van der Waals surface area contributed by atoms with Crippen molar-refractivity contribution in [3.8, 4) is 11.1 Å². The third-order valence-electron chi connectivity index (χ3n) is 5.02. The van der Waals surface area contributed by atoms with E-state index >= 15 is 0 Å². The molecule has 4 rings (SSSR count). The summed E-state index contributed by atoms with van der Waals surface area (Å²) in [5.41, 5.74) is 2.81. The highest BCUT2D eigenvalue weighted by molar-refractivity contribution is 7.17. The molecule has 27 heavy (non-hydrogen) atoms. The Hall–Kier alpha value is -2.67. The largest absolute Gasteiger partial charge is 0.378 e. The zero-order valence-electron chi connectivity index (χ0n) is 15.5. The first-order valence-corrected chi connectivity index (χ1v) is 9.95. The van der Waals surface area contributed by atoms with E-state index in [2.05, 4.69) is 4.98 Å². The van der Waals surface area contributed by atoms with Crippen molar-refractivity contribution in [2.24, 2.45) is 0 Å². The SMILES string of the molecule is CN(C)c1ccc(-c2csc3ncn(CC(=O)N4CCCC4)c(=O)c23)cc1. The van der Waals surface area contributed by atoms with Gasteiger partial charge >= 0.3 is 0 Å². The Morgan fingerprint density at radius 2 is 1.89 bits per heavy atom. The summed E-state index contributed by atoms with van der Waals surface area (Å²) in [6.45, 7) is 1.62. The number of anilines is 1. The summed E-state index contributed by atoms with van der Waals surface area (Å²) in [7, 11) is 3.99. The van der Waals surface area contributed by atoms with Gasteiger partial charge in [0.2, 0.25) is 5.91 Å². The molecule has 140 valence electrons. The van der Waals surface area contributed by atoms with Gasteiger partial charge in [-0.05, 0) is 30.5 Å². The normalized spacial score (nSPS) is 14.1. The molecule has 0 saturated carbocycles. The van der Waals surface area contributed by atoms with Gasteiger partial charge in [0.1, 0.15) is 11.4 Å². The van der Waals surface area contributed by atoms with Crippen molar-refractivity contribution in [3.63, 3.8) is 0 Å². The van der Waals surface area contributed by atoms with E-state index in [1.165, 1.54) is 22.2 Å². The van der Waals surface area contributed by atoms with Gasteiger partial charge in [-0.25, -0.2) is 4.98 Å². The first-order chi connectivity index (χ1) is 13.0. The van der Waals surface area contributed by atoms with Gasteiger partial charge in [-0.1, -0.05) is 12.1 Å². The van der Waals surface area contributed by atoms with E-state index in [9.17, 15) is 9.59 Å². The van der Waals surface area contributed by atoms with Crippen LogP contribution < -0.4 is 10.5 Å². The van der Waals surface area contributed by atoms with Crippen molar-refractivity contribution in [1.29, 1.82) is 0 Å². The Kier molecular flexibility index (Phi) is 4.70. The number of rotatable bonds is 4. The van der Waals surface area contributed by atoms with Crippen LogP contribution in [0.5, 0.6) is 0 Å². The molecule has 1 aromatic carbocycles. The van der Waals surface area contributed by atoms with Crippen LogP contribution in [-0.4, -0.2) is 47.5 Å². The number of likely N-dealkylation sites (tertiary alicyclic amines) is 1. The Morgan fingerprint density at radius 3 is 2.56 bits per heavy atom. The summed E-state index contributed by atoms with van der Waals surface area (Å²) < 4.78 is 1.44. The van der Waals surface area contributed by atoms with E-state index in [1.807, 2.05) is 53.5 Å². The fourth-order valence-electron chi connectivity index (χ4n) is 3.44. The Bertz CT molecular complexity index is 1030. The Labute approximate surface area is 161 Å². The summed E-state index contributed by atoms with van der Waals surface area (Å²) in [6.07, 6.45) is 3.57. The average molecular weight is 382 g/mol.